The highest BCUT2D eigenvalue weighted by atomic mass is 32.2. The molecule has 0 aliphatic carbocycles. The molecule has 0 fully saturated rings. The number of aryl methyl sites for hydroxylation is 1. The molecule has 0 radical (unpaired) electrons. The van der Waals surface area contributed by atoms with Crippen molar-refractivity contribution in [1.29, 1.82) is 0 Å². The van der Waals surface area contributed by atoms with Gasteiger partial charge in [-0.1, -0.05) is 12.1 Å². The van der Waals surface area contributed by atoms with Crippen LogP contribution in [0.4, 0.5) is 0 Å². The van der Waals surface area contributed by atoms with Crippen molar-refractivity contribution in [2.24, 2.45) is 5.10 Å². The van der Waals surface area contributed by atoms with Gasteiger partial charge in [0.1, 0.15) is 0 Å². The molecule has 0 spiro atoms. The average Bonchev–Trinajstić information content (AvgIpc) is 3.11. The van der Waals surface area contributed by atoms with Crippen LogP contribution >= 0.6 is 23.1 Å². The number of aromatic amines is 2. The molecule has 7 heteroatoms. The highest BCUT2D eigenvalue weighted by Gasteiger charge is 2.11. The molecule has 3 aromatic rings. The summed E-state index contributed by atoms with van der Waals surface area (Å²) in [6.07, 6.45) is 1.68. The average molecular weight is 331 g/mol. The smallest absolute Gasteiger partial charge is 0.272 e. The summed E-state index contributed by atoms with van der Waals surface area (Å²) in [6.45, 7) is 2.02. The quantitative estimate of drug-likeness (QED) is 0.428. The Labute approximate surface area is 135 Å². The number of fused-ring (bicyclic) bond motifs is 1. The number of rotatable bonds is 5. The van der Waals surface area contributed by atoms with Crippen LogP contribution in [0.15, 0.2) is 46.0 Å². The number of nitrogens with one attached hydrogen (secondary N) is 3. The van der Waals surface area contributed by atoms with Crippen LogP contribution in [0.5, 0.6) is 0 Å². The van der Waals surface area contributed by atoms with E-state index in [-0.39, 0.29) is 5.91 Å². The zero-order chi connectivity index (χ0) is 15.4. The van der Waals surface area contributed by atoms with Crippen LogP contribution in [-0.2, 0) is 4.79 Å². The van der Waals surface area contributed by atoms with E-state index >= 15 is 0 Å². The molecule has 0 atom stereocenters. The predicted octanol–water partition coefficient (Wildman–Crippen LogP) is 2.59. The molecule has 3 N–H and O–H groups in total. The maximum atomic E-state index is 11.8. The molecule has 3 rings (SSSR count). The number of nitrogens with zero attached hydrogens (tertiary/aromatic N) is 1. The first-order valence-electron chi connectivity index (χ1n) is 6.71. The predicted molar refractivity (Wildman–Crippen MR) is 90.4 cm³/mol. The zero-order valence-electron chi connectivity index (χ0n) is 11.9. The highest BCUT2D eigenvalue weighted by Crippen LogP contribution is 2.15. The van der Waals surface area contributed by atoms with E-state index in [0.29, 0.717) is 5.75 Å². The second-order valence-corrected chi connectivity index (χ2v) is 6.61. The number of carbonyl (C=O) groups excluding carboxylic acids is 1. The third-order valence-corrected chi connectivity index (χ3v) is 4.90. The van der Waals surface area contributed by atoms with Crippen molar-refractivity contribution >= 4 is 46.3 Å². The van der Waals surface area contributed by atoms with Crippen molar-refractivity contribution in [1.82, 2.24) is 10.4 Å². The van der Waals surface area contributed by atoms with Gasteiger partial charge in [0, 0.05) is 4.88 Å². The summed E-state index contributed by atoms with van der Waals surface area (Å²) in [6, 6.07) is 9.94. The number of imidazole rings is 1. The molecule has 1 aromatic carbocycles. The number of amides is 1. The van der Waals surface area contributed by atoms with Crippen molar-refractivity contribution in [3.63, 3.8) is 0 Å². The Morgan fingerprint density at radius 2 is 2.32 bits per heavy atom. The van der Waals surface area contributed by atoms with E-state index in [1.165, 1.54) is 11.8 Å². The minimum atomic E-state index is -0.137. The van der Waals surface area contributed by atoms with E-state index < -0.39 is 0 Å². The lowest BCUT2D eigenvalue weighted by atomic mass is 10.3. The van der Waals surface area contributed by atoms with Crippen molar-refractivity contribution in [2.75, 3.05) is 5.75 Å². The number of hydrogen-bond acceptors (Lipinski definition) is 4. The fourth-order valence-corrected chi connectivity index (χ4v) is 3.39. The summed E-state index contributed by atoms with van der Waals surface area (Å²) in [5.74, 6) is 0.159. The van der Waals surface area contributed by atoms with Crippen molar-refractivity contribution in [2.45, 2.75) is 12.1 Å². The van der Waals surface area contributed by atoms with Crippen LogP contribution in [0.2, 0.25) is 0 Å². The minimum Gasteiger partial charge on any atom is -0.272 e. The van der Waals surface area contributed by atoms with Gasteiger partial charge in [-0.3, -0.25) is 4.79 Å². The lowest BCUT2D eigenvalue weighted by molar-refractivity contribution is -0.396. The molecule has 0 aliphatic rings. The summed E-state index contributed by atoms with van der Waals surface area (Å²) in [5, 5.41) is 6.84. The lowest BCUT2D eigenvalue weighted by Gasteiger charge is -1.95. The summed E-state index contributed by atoms with van der Waals surface area (Å²) in [4.78, 5) is 19.3. The highest BCUT2D eigenvalue weighted by molar-refractivity contribution is 7.99. The summed E-state index contributed by atoms with van der Waals surface area (Å²) in [5.41, 5.74) is 5.75. The summed E-state index contributed by atoms with van der Waals surface area (Å²) >= 11 is 3.01. The molecule has 22 heavy (non-hydrogen) atoms. The van der Waals surface area contributed by atoms with E-state index in [9.17, 15) is 4.79 Å². The lowest BCUT2D eigenvalue weighted by Crippen LogP contribution is -2.20. The van der Waals surface area contributed by atoms with Gasteiger partial charge in [0.15, 0.2) is 11.0 Å². The van der Waals surface area contributed by atoms with E-state index in [2.05, 4.69) is 20.5 Å². The van der Waals surface area contributed by atoms with E-state index in [4.69, 9.17) is 0 Å². The molecule has 0 saturated heterocycles. The largest absolute Gasteiger partial charge is 0.315 e. The number of carbonyl (C=O) groups is 1. The molecule has 5 nitrogen and oxygen atoms in total. The normalized spacial score (nSPS) is 11.3. The molecule has 0 bridgehead atoms. The van der Waals surface area contributed by atoms with Crippen LogP contribution in [0.1, 0.15) is 10.4 Å². The van der Waals surface area contributed by atoms with E-state index in [1.54, 1.807) is 17.6 Å². The third kappa shape index (κ3) is 3.55. The number of thiophene rings is 1. The Morgan fingerprint density at radius 1 is 1.45 bits per heavy atom. The molecule has 2 heterocycles. The summed E-state index contributed by atoms with van der Waals surface area (Å²) in [7, 11) is 0. The van der Waals surface area contributed by atoms with Gasteiger partial charge in [0.2, 0.25) is 0 Å². The molecule has 1 amide bonds. The monoisotopic (exact) mass is 331 g/mol. The number of aromatic nitrogens is 2. The minimum absolute atomic E-state index is 0.137. The van der Waals surface area contributed by atoms with Crippen molar-refractivity contribution in [3.05, 3.63) is 46.2 Å². The molecule has 2 aromatic heterocycles. The van der Waals surface area contributed by atoms with Crippen LogP contribution in [0.25, 0.3) is 11.0 Å². The van der Waals surface area contributed by atoms with Crippen molar-refractivity contribution < 1.29 is 9.78 Å². The van der Waals surface area contributed by atoms with Crippen LogP contribution in [-0.4, -0.2) is 22.9 Å². The number of para-hydroxylation sites is 2. The van der Waals surface area contributed by atoms with Gasteiger partial charge in [-0.25, -0.2) is 15.4 Å². The SMILES string of the molecule is Cc1ccsc1C=NNC(=O)CSc1[nH]c2ccccc2[nH+]1. The second kappa shape index (κ2) is 6.76. The number of benzene rings is 1. The van der Waals surface area contributed by atoms with Crippen molar-refractivity contribution in [3.8, 4) is 0 Å². The first-order valence-corrected chi connectivity index (χ1v) is 8.58. The summed E-state index contributed by atoms with van der Waals surface area (Å²) < 4.78 is 0. The Morgan fingerprint density at radius 3 is 3.09 bits per heavy atom. The Bertz CT molecular complexity index is 789. The van der Waals surface area contributed by atoms with Crippen LogP contribution in [0.3, 0.4) is 0 Å². The van der Waals surface area contributed by atoms with E-state index in [0.717, 1.165) is 26.6 Å². The van der Waals surface area contributed by atoms with Crippen LogP contribution in [0, 0.1) is 6.92 Å². The topological polar surface area (TPSA) is 71.4 Å². The molecule has 0 unspecified atom stereocenters. The van der Waals surface area contributed by atoms with E-state index in [1.807, 2.05) is 42.6 Å². The number of thioether (sulfide) groups is 1. The zero-order valence-corrected chi connectivity index (χ0v) is 13.6. The van der Waals surface area contributed by atoms with Gasteiger partial charge in [0.05, 0.1) is 12.0 Å². The second-order valence-electron chi connectivity index (χ2n) is 4.67. The maximum absolute atomic E-state index is 11.8. The molecular weight excluding hydrogens is 316 g/mol. The number of hydrazone groups is 1. The molecule has 112 valence electrons. The standard InChI is InChI=1S/C15H14N4OS2/c1-10-6-7-21-13(10)8-16-19-14(20)9-22-15-17-11-4-2-3-5-12(11)18-15/h2-8H,9H2,1H3,(H,17,18)(H,19,20)/p+1. The molecular formula is C15H15N4OS2+. The Hall–Kier alpha value is -2.12. The van der Waals surface area contributed by atoms with Gasteiger partial charge in [-0.15, -0.1) is 11.3 Å². The Kier molecular flexibility index (Phi) is 4.55. The first-order chi connectivity index (χ1) is 10.7. The first kappa shape index (κ1) is 14.8. The molecule has 0 aliphatic heterocycles. The van der Waals surface area contributed by atoms with Crippen LogP contribution < -0.4 is 10.4 Å². The van der Waals surface area contributed by atoms with Gasteiger partial charge < -0.3 is 0 Å². The Balaban J connectivity index is 1.52. The van der Waals surface area contributed by atoms with Gasteiger partial charge in [0.25, 0.3) is 5.91 Å². The van der Waals surface area contributed by atoms with Gasteiger partial charge in [-0.2, -0.15) is 5.10 Å². The number of hydrogen-bond donors (Lipinski definition) is 2. The maximum Gasteiger partial charge on any atom is 0.315 e. The number of H-pyrrole nitrogens is 2. The third-order valence-electron chi connectivity index (χ3n) is 3.04. The van der Waals surface area contributed by atoms with Gasteiger partial charge >= 0.3 is 5.16 Å². The molecule has 0 saturated carbocycles. The fourth-order valence-electron chi connectivity index (χ4n) is 1.90. The fraction of sp³-hybridized carbons (Fsp3) is 0.133. The van der Waals surface area contributed by atoms with Gasteiger partial charge in [-0.05, 0) is 47.8 Å².